The van der Waals surface area contributed by atoms with Crippen LogP contribution in [0.5, 0.6) is 11.5 Å². The van der Waals surface area contributed by atoms with Gasteiger partial charge in [-0.2, -0.15) is 0 Å². The smallest absolute Gasteiger partial charge is 0.162 e. The summed E-state index contributed by atoms with van der Waals surface area (Å²) in [5.74, 6) is 0.698. The van der Waals surface area contributed by atoms with Gasteiger partial charge in [-0.3, -0.25) is 0 Å². The molecule has 0 bridgehead atoms. The van der Waals surface area contributed by atoms with Gasteiger partial charge in [0.25, 0.3) is 0 Å². The highest BCUT2D eigenvalue weighted by molar-refractivity contribution is 5.47. The molecule has 0 aliphatic rings. The van der Waals surface area contributed by atoms with Crippen molar-refractivity contribution >= 4 is 0 Å². The van der Waals surface area contributed by atoms with E-state index in [4.69, 9.17) is 4.74 Å². The summed E-state index contributed by atoms with van der Waals surface area (Å²) < 4.78 is 5.27. The Hall–Kier alpha value is -2.78. The fourth-order valence-electron chi connectivity index (χ4n) is 2.96. The fraction of sp³-hybridized carbons (Fsp3) is 0.182. The fourth-order valence-corrected chi connectivity index (χ4v) is 2.96. The van der Waals surface area contributed by atoms with E-state index in [0.717, 1.165) is 18.5 Å². The Balaban J connectivity index is 1.86. The Morgan fingerprint density at radius 2 is 1.48 bits per heavy atom. The second kappa shape index (κ2) is 8.36. The molecule has 0 amide bonds. The molecule has 0 heterocycles. The van der Waals surface area contributed by atoms with Gasteiger partial charge in [0.05, 0.1) is 7.11 Å². The molecule has 3 heteroatoms. The molecule has 3 aromatic carbocycles. The number of aromatic hydroxyl groups is 1. The molecule has 0 spiro atoms. The van der Waals surface area contributed by atoms with Gasteiger partial charge in [0.2, 0.25) is 0 Å². The Kier molecular flexibility index (Phi) is 5.70. The maximum Gasteiger partial charge on any atom is 0.162 e. The highest BCUT2D eigenvalue weighted by Crippen LogP contribution is 2.34. The molecule has 0 fully saturated rings. The number of nitrogens with one attached hydrogen (secondary N) is 1. The average Bonchev–Trinajstić information content (AvgIpc) is 2.67. The lowest BCUT2D eigenvalue weighted by molar-refractivity contribution is 0.365. The topological polar surface area (TPSA) is 41.5 Å². The molecule has 128 valence electrons. The van der Waals surface area contributed by atoms with Crippen LogP contribution in [0.2, 0.25) is 0 Å². The first-order valence-corrected chi connectivity index (χ1v) is 8.45. The SMILES string of the molecule is COc1cccc([C@H](Cc2ccccc2)NCc2ccccc2)c1O. The van der Waals surface area contributed by atoms with Crippen LogP contribution < -0.4 is 10.1 Å². The van der Waals surface area contributed by atoms with E-state index in [9.17, 15) is 5.11 Å². The molecular weight excluding hydrogens is 310 g/mol. The van der Waals surface area contributed by atoms with Gasteiger partial charge in [0, 0.05) is 18.2 Å². The molecule has 1 atom stereocenters. The summed E-state index contributed by atoms with van der Waals surface area (Å²) in [7, 11) is 1.57. The normalized spacial score (nSPS) is 11.9. The quantitative estimate of drug-likeness (QED) is 0.670. The minimum absolute atomic E-state index is 0.0160. The Labute approximate surface area is 148 Å². The van der Waals surface area contributed by atoms with Crippen LogP contribution in [-0.2, 0) is 13.0 Å². The summed E-state index contributed by atoms with van der Waals surface area (Å²) in [6, 6.07) is 26.2. The van der Waals surface area contributed by atoms with Crippen LogP contribution in [0.15, 0.2) is 78.9 Å². The molecule has 0 radical (unpaired) electrons. The van der Waals surface area contributed by atoms with E-state index in [-0.39, 0.29) is 11.8 Å². The first-order valence-electron chi connectivity index (χ1n) is 8.45. The number of hydrogen-bond acceptors (Lipinski definition) is 3. The van der Waals surface area contributed by atoms with E-state index in [1.807, 2.05) is 48.5 Å². The van der Waals surface area contributed by atoms with Crippen molar-refractivity contribution in [2.75, 3.05) is 7.11 Å². The second-order valence-corrected chi connectivity index (χ2v) is 6.01. The van der Waals surface area contributed by atoms with Crippen molar-refractivity contribution < 1.29 is 9.84 Å². The molecular formula is C22H23NO2. The number of phenolic OH excluding ortho intramolecular Hbond substituents is 1. The zero-order chi connectivity index (χ0) is 17.5. The van der Waals surface area contributed by atoms with E-state index in [1.54, 1.807) is 13.2 Å². The van der Waals surface area contributed by atoms with Crippen LogP contribution in [0.1, 0.15) is 22.7 Å². The van der Waals surface area contributed by atoms with Crippen LogP contribution in [-0.4, -0.2) is 12.2 Å². The van der Waals surface area contributed by atoms with Gasteiger partial charge in [0.1, 0.15) is 0 Å². The molecule has 3 aromatic rings. The maximum atomic E-state index is 10.6. The van der Waals surface area contributed by atoms with Gasteiger partial charge in [-0.15, -0.1) is 0 Å². The standard InChI is InChI=1S/C22H23NO2/c1-25-21-14-8-13-19(22(21)24)20(15-17-9-4-2-5-10-17)23-16-18-11-6-3-7-12-18/h2-14,20,23-24H,15-16H2,1H3/t20-/m0/s1. The number of para-hydroxylation sites is 1. The van der Waals surface area contributed by atoms with E-state index in [0.29, 0.717) is 5.75 Å². The van der Waals surface area contributed by atoms with Gasteiger partial charge >= 0.3 is 0 Å². The highest BCUT2D eigenvalue weighted by atomic mass is 16.5. The Bertz CT molecular complexity index is 788. The number of phenols is 1. The number of benzene rings is 3. The molecule has 3 rings (SSSR count). The van der Waals surface area contributed by atoms with Gasteiger partial charge in [-0.25, -0.2) is 0 Å². The molecule has 0 aliphatic heterocycles. The van der Waals surface area contributed by atoms with Crippen molar-refractivity contribution in [1.29, 1.82) is 0 Å². The molecule has 0 saturated carbocycles. The lowest BCUT2D eigenvalue weighted by Gasteiger charge is -2.21. The largest absolute Gasteiger partial charge is 0.504 e. The monoisotopic (exact) mass is 333 g/mol. The third-order valence-corrected chi connectivity index (χ3v) is 4.30. The molecule has 0 aromatic heterocycles. The molecule has 25 heavy (non-hydrogen) atoms. The summed E-state index contributed by atoms with van der Waals surface area (Å²) in [5.41, 5.74) is 3.28. The number of hydrogen-bond donors (Lipinski definition) is 2. The summed E-state index contributed by atoms with van der Waals surface area (Å²) in [5, 5.41) is 14.1. The average molecular weight is 333 g/mol. The van der Waals surface area contributed by atoms with E-state index in [1.165, 1.54) is 11.1 Å². The third kappa shape index (κ3) is 4.40. The highest BCUT2D eigenvalue weighted by Gasteiger charge is 2.18. The number of methoxy groups -OCH3 is 1. The first kappa shape index (κ1) is 17.1. The predicted molar refractivity (Wildman–Crippen MR) is 101 cm³/mol. The first-order chi connectivity index (χ1) is 12.3. The minimum Gasteiger partial charge on any atom is -0.504 e. The molecule has 3 nitrogen and oxygen atoms in total. The molecule has 0 unspecified atom stereocenters. The van der Waals surface area contributed by atoms with Gasteiger partial charge in [-0.05, 0) is 23.6 Å². The van der Waals surface area contributed by atoms with E-state index in [2.05, 4.69) is 29.6 Å². The van der Waals surface area contributed by atoms with Crippen LogP contribution >= 0.6 is 0 Å². The van der Waals surface area contributed by atoms with Crippen LogP contribution in [0.4, 0.5) is 0 Å². The van der Waals surface area contributed by atoms with Gasteiger partial charge < -0.3 is 15.2 Å². The van der Waals surface area contributed by atoms with Crippen LogP contribution in [0, 0.1) is 0 Å². The predicted octanol–water partition coefficient (Wildman–Crippen LogP) is 4.47. The van der Waals surface area contributed by atoms with Crippen molar-refractivity contribution in [3.8, 4) is 11.5 Å². The summed E-state index contributed by atoms with van der Waals surface area (Å²) in [6.07, 6.45) is 0.786. The van der Waals surface area contributed by atoms with Crippen LogP contribution in [0.3, 0.4) is 0 Å². The second-order valence-electron chi connectivity index (χ2n) is 6.01. The molecule has 0 saturated heterocycles. The van der Waals surface area contributed by atoms with Crippen molar-refractivity contribution in [1.82, 2.24) is 5.32 Å². The number of ether oxygens (including phenoxy) is 1. The molecule has 2 N–H and O–H groups in total. The van der Waals surface area contributed by atoms with Crippen molar-refractivity contribution in [3.63, 3.8) is 0 Å². The lowest BCUT2D eigenvalue weighted by Crippen LogP contribution is -2.23. The van der Waals surface area contributed by atoms with Gasteiger partial charge in [0.15, 0.2) is 11.5 Å². The summed E-state index contributed by atoms with van der Waals surface area (Å²) in [6.45, 7) is 0.731. The lowest BCUT2D eigenvalue weighted by atomic mass is 9.97. The van der Waals surface area contributed by atoms with E-state index >= 15 is 0 Å². The summed E-state index contributed by atoms with van der Waals surface area (Å²) in [4.78, 5) is 0. The van der Waals surface area contributed by atoms with Crippen molar-refractivity contribution in [2.45, 2.75) is 19.0 Å². The zero-order valence-corrected chi connectivity index (χ0v) is 14.4. The maximum absolute atomic E-state index is 10.6. The summed E-state index contributed by atoms with van der Waals surface area (Å²) >= 11 is 0. The van der Waals surface area contributed by atoms with Crippen LogP contribution in [0.25, 0.3) is 0 Å². The van der Waals surface area contributed by atoms with Crippen molar-refractivity contribution in [3.05, 3.63) is 95.6 Å². The third-order valence-electron chi connectivity index (χ3n) is 4.30. The van der Waals surface area contributed by atoms with Crippen molar-refractivity contribution in [2.24, 2.45) is 0 Å². The Morgan fingerprint density at radius 1 is 0.840 bits per heavy atom. The van der Waals surface area contributed by atoms with E-state index < -0.39 is 0 Å². The minimum atomic E-state index is -0.0160. The molecule has 0 aliphatic carbocycles. The van der Waals surface area contributed by atoms with Gasteiger partial charge in [-0.1, -0.05) is 72.8 Å². The number of rotatable bonds is 7. The Morgan fingerprint density at radius 3 is 2.12 bits per heavy atom. The zero-order valence-electron chi connectivity index (χ0n) is 14.4.